The van der Waals surface area contributed by atoms with Crippen molar-refractivity contribution in [2.45, 2.75) is 66.2 Å². The molecule has 3 heteroatoms. The van der Waals surface area contributed by atoms with E-state index in [2.05, 4.69) is 13.8 Å². The standard InChI is InChI=1S/C11H14O.C10H18O2/c1-4-10-8(2)6-5-7-11(10)9(3)12;1-3-8-4-6-9(7-5-8)10(11)12-2/h5-7H,4H2,1-3H3;8-9H,3-7H2,1-2H3. The summed E-state index contributed by atoms with van der Waals surface area (Å²) < 4.78 is 4.72. The molecule has 1 aliphatic carbocycles. The average Bonchev–Trinajstić information content (AvgIpc) is 2.61. The lowest BCUT2D eigenvalue weighted by Crippen LogP contribution is -2.22. The Balaban J connectivity index is 0.000000240. The number of hydrogen-bond donors (Lipinski definition) is 0. The molecule has 1 fully saturated rings. The zero-order valence-corrected chi connectivity index (χ0v) is 15.9. The Morgan fingerprint density at radius 1 is 1.12 bits per heavy atom. The molecule has 0 saturated heterocycles. The molecule has 0 bridgehead atoms. The maximum Gasteiger partial charge on any atom is 0.308 e. The summed E-state index contributed by atoms with van der Waals surface area (Å²) in [6, 6.07) is 5.88. The Labute approximate surface area is 146 Å². The first kappa shape index (κ1) is 20.4. The molecule has 134 valence electrons. The van der Waals surface area contributed by atoms with Crippen LogP contribution in [0.15, 0.2) is 18.2 Å². The molecule has 0 spiro atoms. The van der Waals surface area contributed by atoms with Gasteiger partial charge in [-0.3, -0.25) is 9.59 Å². The number of Topliss-reactive ketones (excluding diaryl/α,β-unsaturated/α-hetero) is 1. The molecule has 0 N–H and O–H groups in total. The molecule has 1 aliphatic rings. The monoisotopic (exact) mass is 332 g/mol. The molecule has 1 aromatic rings. The predicted molar refractivity (Wildman–Crippen MR) is 98.3 cm³/mol. The Kier molecular flexibility index (Phi) is 8.73. The minimum atomic E-state index is -0.00967. The van der Waals surface area contributed by atoms with Crippen LogP contribution in [0.5, 0.6) is 0 Å². The Morgan fingerprint density at radius 3 is 2.17 bits per heavy atom. The highest BCUT2D eigenvalue weighted by Gasteiger charge is 2.25. The van der Waals surface area contributed by atoms with Crippen molar-refractivity contribution in [2.75, 3.05) is 7.11 Å². The van der Waals surface area contributed by atoms with Gasteiger partial charge in [-0.1, -0.05) is 38.5 Å². The zero-order chi connectivity index (χ0) is 18.1. The number of ketones is 1. The van der Waals surface area contributed by atoms with Crippen LogP contribution in [-0.2, 0) is 16.0 Å². The van der Waals surface area contributed by atoms with Crippen LogP contribution in [0.2, 0.25) is 0 Å². The highest BCUT2D eigenvalue weighted by Crippen LogP contribution is 2.30. The summed E-state index contributed by atoms with van der Waals surface area (Å²) in [6.07, 6.45) is 6.67. The molecule has 1 saturated carbocycles. The third kappa shape index (κ3) is 5.77. The number of benzene rings is 1. The van der Waals surface area contributed by atoms with E-state index < -0.39 is 0 Å². The minimum Gasteiger partial charge on any atom is -0.469 e. The van der Waals surface area contributed by atoms with Crippen LogP contribution >= 0.6 is 0 Å². The van der Waals surface area contributed by atoms with Crippen LogP contribution < -0.4 is 0 Å². The lowest BCUT2D eigenvalue weighted by atomic mass is 9.81. The summed E-state index contributed by atoms with van der Waals surface area (Å²) in [5.74, 6) is 1.20. The van der Waals surface area contributed by atoms with Gasteiger partial charge in [0.1, 0.15) is 0 Å². The molecule has 0 aliphatic heterocycles. The van der Waals surface area contributed by atoms with Crippen LogP contribution in [0.25, 0.3) is 0 Å². The van der Waals surface area contributed by atoms with Gasteiger partial charge >= 0.3 is 5.97 Å². The van der Waals surface area contributed by atoms with Gasteiger partial charge in [-0.15, -0.1) is 0 Å². The summed E-state index contributed by atoms with van der Waals surface area (Å²) >= 11 is 0. The van der Waals surface area contributed by atoms with Crippen LogP contribution in [-0.4, -0.2) is 18.9 Å². The maximum absolute atomic E-state index is 11.2. The minimum absolute atomic E-state index is 0.00967. The molecule has 2 rings (SSSR count). The van der Waals surface area contributed by atoms with E-state index in [1.54, 1.807) is 6.92 Å². The van der Waals surface area contributed by atoms with E-state index in [1.807, 2.05) is 25.1 Å². The average molecular weight is 332 g/mol. The molecule has 3 nitrogen and oxygen atoms in total. The number of carbonyl (C=O) groups excluding carboxylic acids is 2. The molecule has 0 aromatic heterocycles. The third-order valence-electron chi connectivity index (χ3n) is 5.10. The molecular weight excluding hydrogens is 300 g/mol. The first-order chi connectivity index (χ1) is 11.4. The zero-order valence-electron chi connectivity index (χ0n) is 15.9. The summed E-state index contributed by atoms with van der Waals surface area (Å²) in [7, 11) is 1.48. The van der Waals surface area contributed by atoms with E-state index >= 15 is 0 Å². The maximum atomic E-state index is 11.2. The van der Waals surface area contributed by atoms with E-state index in [4.69, 9.17) is 4.74 Å². The Morgan fingerprint density at radius 2 is 1.75 bits per heavy atom. The Bertz CT molecular complexity index is 540. The van der Waals surface area contributed by atoms with E-state index in [0.717, 1.165) is 30.7 Å². The number of rotatable bonds is 4. The fraction of sp³-hybridized carbons (Fsp3) is 0.619. The number of methoxy groups -OCH3 is 1. The number of esters is 1. The van der Waals surface area contributed by atoms with Crippen molar-refractivity contribution in [1.82, 2.24) is 0 Å². The predicted octanol–water partition coefficient (Wildman–Crippen LogP) is 5.14. The molecule has 1 aromatic carbocycles. The smallest absolute Gasteiger partial charge is 0.308 e. The molecule has 0 radical (unpaired) electrons. The second-order valence-corrected chi connectivity index (χ2v) is 6.66. The van der Waals surface area contributed by atoms with Crippen molar-refractivity contribution in [1.29, 1.82) is 0 Å². The van der Waals surface area contributed by atoms with Gasteiger partial charge in [0, 0.05) is 5.56 Å². The molecular formula is C21H32O3. The SMILES string of the molecule is CCC1CCC(C(=O)OC)CC1.CCc1c(C)cccc1C(C)=O. The van der Waals surface area contributed by atoms with Crippen molar-refractivity contribution in [2.24, 2.45) is 11.8 Å². The largest absolute Gasteiger partial charge is 0.469 e. The van der Waals surface area contributed by atoms with Crippen LogP contribution in [0, 0.1) is 18.8 Å². The van der Waals surface area contributed by atoms with Gasteiger partial charge in [0.05, 0.1) is 13.0 Å². The van der Waals surface area contributed by atoms with Gasteiger partial charge in [0.2, 0.25) is 0 Å². The normalized spacial score (nSPS) is 19.9. The highest BCUT2D eigenvalue weighted by molar-refractivity contribution is 5.95. The van der Waals surface area contributed by atoms with Gasteiger partial charge in [-0.05, 0) is 63.0 Å². The fourth-order valence-corrected chi connectivity index (χ4v) is 3.47. The van der Waals surface area contributed by atoms with E-state index in [0.29, 0.717) is 0 Å². The number of ether oxygens (including phenoxy) is 1. The van der Waals surface area contributed by atoms with Gasteiger partial charge < -0.3 is 4.74 Å². The summed E-state index contributed by atoms with van der Waals surface area (Å²) in [4.78, 5) is 22.3. The fourth-order valence-electron chi connectivity index (χ4n) is 3.47. The van der Waals surface area contributed by atoms with Crippen molar-refractivity contribution >= 4 is 11.8 Å². The van der Waals surface area contributed by atoms with Crippen LogP contribution in [0.4, 0.5) is 0 Å². The Hall–Kier alpha value is -1.64. The summed E-state index contributed by atoms with van der Waals surface area (Å²) in [6.45, 7) is 7.97. The van der Waals surface area contributed by atoms with Gasteiger partial charge in [0.15, 0.2) is 5.78 Å². The lowest BCUT2D eigenvalue weighted by Gasteiger charge is -2.25. The first-order valence-electron chi connectivity index (χ1n) is 9.11. The topological polar surface area (TPSA) is 43.4 Å². The van der Waals surface area contributed by atoms with Crippen molar-refractivity contribution in [3.8, 4) is 0 Å². The summed E-state index contributed by atoms with van der Waals surface area (Å²) in [5, 5.41) is 0. The number of hydrogen-bond acceptors (Lipinski definition) is 3. The van der Waals surface area contributed by atoms with Crippen LogP contribution in [0.3, 0.4) is 0 Å². The van der Waals surface area contributed by atoms with Gasteiger partial charge in [-0.2, -0.15) is 0 Å². The van der Waals surface area contributed by atoms with E-state index in [9.17, 15) is 9.59 Å². The van der Waals surface area contributed by atoms with Crippen molar-refractivity contribution < 1.29 is 14.3 Å². The first-order valence-corrected chi connectivity index (χ1v) is 9.11. The lowest BCUT2D eigenvalue weighted by molar-refractivity contribution is -0.146. The van der Waals surface area contributed by atoms with Gasteiger partial charge in [0.25, 0.3) is 0 Å². The highest BCUT2D eigenvalue weighted by atomic mass is 16.5. The molecule has 0 heterocycles. The van der Waals surface area contributed by atoms with Crippen molar-refractivity contribution in [3.05, 3.63) is 34.9 Å². The van der Waals surface area contributed by atoms with E-state index in [1.165, 1.54) is 37.5 Å². The van der Waals surface area contributed by atoms with Gasteiger partial charge in [-0.25, -0.2) is 0 Å². The number of carbonyl (C=O) groups is 2. The number of aryl methyl sites for hydroxylation is 1. The van der Waals surface area contributed by atoms with Crippen LogP contribution in [0.1, 0.15) is 74.4 Å². The molecule has 0 amide bonds. The van der Waals surface area contributed by atoms with Crippen molar-refractivity contribution in [3.63, 3.8) is 0 Å². The molecule has 0 atom stereocenters. The second-order valence-electron chi connectivity index (χ2n) is 6.66. The molecule has 0 unspecified atom stereocenters. The quantitative estimate of drug-likeness (QED) is 0.566. The third-order valence-corrected chi connectivity index (χ3v) is 5.10. The summed E-state index contributed by atoms with van der Waals surface area (Å²) in [5.41, 5.74) is 3.27. The van der Waals surface area contributed by atoms with E-state index in [-0.39, 0.29) is 17.7 Å². The second kappa shape index (κ2) is 10.3. The molecule has 24 heavy (non-hydrogen) atoms.